The van der Waals surface area contributed by atoms with Crippen LogP contribution in [0.4, 0.5) is 0 Å². The molecule has 0 aliphatic rings. The molecule has 0 heterocycles. The average molecular weight is 681 g/mol. The van der Waals surface area contributed by atoms with Gasteiger partial charge in [0, 0.05) is 25.3 Å². The van der Waals surface area contributed by atoms with E-state index in [2.05, 4.69) is 24.2 Å². The molecule has 0 aromatic rings. The SMILES string of the molecule is CCCCCCCCCCCC(=O)NCCCS(=O)(=O)O.CCCCCCCCCCCC([O-])=NCCCS(=O)(=O)[O-].[Ca+2]. The number of carbonyl (C=O) groups is 1. The fourth-order valence-electron chi connectivity index (χ4n) is 4.28. The number of aliphatic imine (C=N–C) groups is 1. The summed E-state index contributed by atoms with van der Waals surface area (Å²) < 4.78 is 60.5. The van der Waals surface area contributed by atoms with E-state index in [1.165, 1.54) is 83.5 Å². The van der Waals surface area contributed by atoms with Crippen LogP contribution < -0.4 is 10.4 Å². The van der Waals surface area contributed by atoms with Crippen LogP contribution in [-0.2, 0) is 25.0 Å². The molecule has 2 N–H and O–H groups in total. The van der Waals surface area contributed by atoms with Crippen molar-refractivity contribution in [3.8, 4) is 0 Å². The summed E-state index contributed by atoms with van der Waals surface area (Å²) in [5.41, 5.74) is 0. The van der Waals surface area contributed by atoms with Gasteiger partial charge in [-0.2, -0.15) is 8.42 Å². The predicted molar refractivity (Wildman–Crippen MR) is 175 cm³/mol. The second-order valence-electron chi connectivity index (χ2n) is 11.0. The molecule has 0 aliphatic carbocycles. The van der Waals surface area contributed by atoms with E-state index in [0.717, 1.165) is 32.1 Å². The Morgan fingerprint density at radius 2 is 1.07 bits per heavy atom. The zero-order valence-electron chi connectivity index (χ0n) is 27.2. The van der Waals surface area contributed by atoms with Gasteiger partial charge in [0.1, 0.15) is 0 Å². The van der Waals surface area contributed by atoms with Crippen molar-refractivity contribution in [2.45, 2.75) is 155 Å². The topological polar surface area (TPSA) is 176 Å². The van der Waals surface area contributed by atoms with Crippen LogP contribution in [0, 0.1) is 0 Å². The molecule has 252 valence electrons. The maximum atomic E-state index is 11.5. The number of nitrogens with one attached hydrogen (secondary N) is 1. The second kappa shape index (κ2) is 33.4. The van der Waals surface area contributed by atoms with Crippen LogP contribution in [0.3, 0.4) is 0 Å². The van der Waals surface area contributed by atoms with Crippen LogP contribution in [0.15, 0.2) is 4.99 Å². The van der Waals surface area contributed by atoms with Crippen LogP contribution in [0.2, 0.25) is 0 Å². The van der Waals surface area contributed by atoms with Crippen LogP contribution in [0.25, 0.3) is 0 Å². The van der Waals surface area contributed by atoms with Gasteiger partial charge in [0.25, 0.3) is 10.1 Å². The van der Waals surface area contributed by atoms with Crippen LogP contribution in [-0.4, -0.2) is 100 Å². The Balaban J connectivity index is -0.000000727. The third-order valence-electron chi connectivity index (χ3n) is 6.74. The monoisotopic (exact) mass is 680 g/mol. The summed E-state index contributed by atoms with van der Waals surface area (Å²) in [6, 6.07) is 0. The van der Waals surface area contributed by atoms with Crippen LogP contribution in [0.5, 0.6) is 0 Å². The molecule has 0 atom stereocenters. The normalized spacial score (nSPS) is 11.9. The summed E-state index contributed by atoms with van der Waals surface area (Å²) in [7, 11) is -8.09. The Bertz CT molecular complexity index is 869. The number of rotatable bonds is 28. The van der Waals surface area contributed by atoms with Gasteiger partial charge in [-0.1, -0.05) is 117 Å². The van der Waals surface area contributed by atoms with Crippen molar-refractivity contribution >= 4 is 69.8 Å². The Kier molecular flexibility index (Phi) is 36.8. The van der Waals surface area contributed by atoms with Crippen LogP contribution >= 0.6 is 0 Å². The van der Waals surface area contributed by atoms with Gasteiger partial charge in [-0.05, 0) is 38.0 Å². The summed E-state index contributed by atoms with van der Waals surface area (Å²) in [4.78, 5) is 15.2. The Morgan fingerprint density at radius 3 is 1.49 bits per heavy atom. The van der Waals surface area contributed by atoms with E-state index in [1.807, 2.05) is 0 Å². The van der Waals surface area contributed by atoms with Crippen molar-refractivity contribution in [1.82, 2.24) is 5.32 Å². The smallest absolute Gasteiger partial charge is 0.862 e. The van der Waals surface area contributed by atoms with Gasteiger partial charge in [-0.15, -0.1) is 0 Å². The van der Waals surface area contributed by atoms with Crippen molar-refractivity contribution in [3.05, 3.63) is 0 Å². The largest absolute Gasteiger partial charge is 2.00 e. The molecule has 0 saturated heterocycles. The third kappa shape index (κ3) is 46.6. The van der Waals surface area contributed by atoms with Gasteiger partial charge in [0.05, 0.1) is 15.9 Å². The Morgan fingerprint density at radius 1 is 0.651 bits per heavy atom. The molecule has 0 aliphatic heterocycles. The van der Waals surface area contributed by atoms with E-state index in [-0.39, 0.29) is 74.7 Å². The number of hydrogen-bond donors (Lipinski definition) is 2. The molecule has 0 bridgehead atoms. The first-order chi connectivity index (χ1) is 19.9. The van der Waals surface area contributed by atoms with E-state index in [0.29, 0.717) is 19.4 Å². The molecule has 0 rings (SSSR count). The van der Waals surface area contributed by atoms with E-state index in [4.69, 9.17) is 4.55 Å². The van der Waals surface area contributed by atoms with Gasteiger partial charge >= 0.3 is 37.7 Å². The number of carbonyl (C=O) groups excluding carboxylic acids is 1. The van der Waals surface area contributed by atoms with Gasteiger partial charge in [-0.3, -0.25) is 9.35 Å². The predicted octanol–water partition coefficient (Wildman–Crippen LogP) is 5.52. The minimum Gasteiger partial charge on any atom is -0.862 e. The van der Waals surface area contributed by atoms with Crippen molar-refractivity contribution in [2.24, 2.45) is 4.99 Å². The third-order valence-corrected chi connectivity index (χ3v) is 8.34. The van der Waals surface area contributed by atoms with E-state index < -0.39 is 26.0 Å². The summed E-state index contributed by atoms with van der Waals surface area (Å²) in [5.74, 6) is -0.956. The zero-order valence-corrected chi connectivity index (χ0v) is 31.0. The van der Waals surface area contributed by atoms with Crippen LogP contribution in [0.1, 0.15) is 155 Å². The molecule has 0 radical (unpaired) electrons. The average Bonchev–Trinajstić information content (AvgIpc) is 2.91. The zero-order chi connectivity index (χ0) is 32.0. The molecule has 10 nitrogen and oxygen atoms in total. The Hall–Kier alpha value is 0.0197. The molecule has 0 aromatic carbocycles. The standard InChI is InChI=1S/2C15H31NO4S.Ca/c2*1-2-3-4-5-6-7-8-9-10-12-15(17)16-13-11-14-21(18,19)20;/h2*2-14H2,1H3,(H,16,17)(H,18,19,20);/q;;+2/p-2. The van der Waals surface area contributed by atoms with Gasteiger partial charge in [0.15, 0.2) is 0 Å². The second-order valence-corrected chi connectivity index (χ2v) is 14.1. The molecular formula is C30H60CaN2O8S2. The number of unbranched alkanes of at least 4 members (excludes halogenated alkanes) is 16. The molecule has 0 spiro atoms. The van der Waals surface area contributed by atoms with Crippen molar-refractivity contribution in [1.29, 1.82) is 0 Å². The fraction of sp³-hybridized carbons (Fsp3) is 0.933. The molecule has 0 saturated carbocycles. The Labute approximate surface area is 293 Å². The van der Waals surface area contributed by atoms with E-state index in [1.54, 1.807) is 0 Å². The minimum atomic E-state index is -4.18. The fourth-order valence-corrected chi connectivity index (χ4v) is 5.27. The van der Waals surface area contributed by atoms with Gasteiger partial charge in [-0.25, -0.2) is 8.42 Å². The first-order valence-electron chi connectivity index (χ1n) is 16.3. The summed E-state index contributed by atoms with van der Waals surface area (Å²) >= 11 is 0. The summed E-state index contributed by atoms with van der Waals surface area (Å²) in [5, 5.41) is 14.0. The molecule has 0 fully saturated rings. The van der Waals surface area contributed by atoms with E-state index in [9.17, 15) is 31.3 Å². The molecule has 0 aromatic heterocycles. The first kappa shape index (κ1) is 47.4. The van der Waals surface area contributed by atoms with Gasteiger partial charge < -0.3 is 20.0 Å². The quantitative estimate of drug-likeness (QED) is 0.0357. The minimum absolute atomic E-state index is 0. The molecule has 13 heteroatoms. The molecular weight excluding hydrogens is 621 g/mol. The van der Waals surface area contributed by atoms with Crippen molar-refractivity contribution in [2.75, 3.05) is 24.6 Å². The van der Waals surface area contributed by atoms with Crippen molar-refractivity contribution < 1.29 is 35.8 Å². The number of amides is 1. The van der Waals surface area contributed by atoms with Gasteiger partial charge in [0.2, 0.25) is 5.91 Å². The first-order valence-corrected chi connectivity index (χ1v) is 19.5. The van der Waals surface area contributed by atoms with E-state index >= 15 is 0 Å². The number of nitrogens with zero attached hydrogens (tertiary/aromatic N) is 1. The molecule has 43 heavy (non-hydrogen) atoms. The van der Waals surface area contributed by atoms with Crippen molar-refractivity contribution in [3.63, 3.8) is 0 Å². The maximum absolute atomic E-state index is 11.5. The summed E-state index contributed by atoms with van der Waals surface area (Å²) in [6.07, 6.45) is 23.1. The number of hydrogen-bond acceptors (Lipinski definition) is 8. The molecule has 0 unspecified atom stereocenters. The summed E-state index contributed by atoms with van der Waals surface area (Å²) in [6.45, 7) is 4.86. The maximum Gasteiger partial charge on any atom is 2.00 e. The molecule has 1 amide bonds.